The van der Waals surface area contributed by atoms with E-state index in [1.807, 2.05) is 16.8 Å². The largest absolute Gasteiger partial charge is 0.325 e. The number of nitrogens with zero attached hydrogens (tertiary/aromatic N) is 2. The molecule has 0 spiro atoms. The fourth-order valence-electron chi connectivity index (χ4n) is 2.87. The molecule has 98 valence electrons. The maximum Gasteiger partial charge on any atom is 0.320 e. The molecular formula is C13H25N3O. The van der Waals surface area contributed by atoms with E-state index in [2.05, 4.69) is 12.2 Å². The number of piperazine rings is 1. The van der Waals surface area contributed by atoms with Crippen LogP contribution >= 0.6 is 0 Å². The zero-order valence-corrected chi connectivity index (χ0v) is 11.1. The van der Waals surface area contributed by atoms with Crippen molar-refractivity contribution in [2.45, 2.75) is 38.6 Å². The average molecular weight is 239 g/mol. The summed E-state index contributed by atoms with van der Waals surface area (Å²) in [5.74, 6) is 0.842. The van der Waals surface area contributed by atoms with E-state index >= 15 is 0 Å². The Labute approximate surface area is 104 Å². The molecule has 17 heavy (non-hydrogen) atoms. The van der Waals surface area contributed by atoms with Crippen molar-refractivity contribution in [2.75, 3.05) is 33.2 Å². The van der Waals surface area contributed by atoms with Gasteiger partial charge in [-0.3, -0.25) is 0 Å². The highest BCUT2D eigenvalue weighted by Crippen LogP contribution is 2.26. The highest BCUT2D eigenvalue weighted by atomic mass is 16.2. The number of nitrogens with one attached hydrogen (secondary N) is 1. The first kappa shape index (κ1) is 12.7. The van der Waals surface area contributed by atoms with Crippen molar-refractivity contribution in [3.8, 4) is 0 Å². The third kappa shape index (κ3) is 3.12. The molecule has 1 aliphatic heterocycles. The highest BCUT2D eigenvalue weighted by Gasteiger charge is 2.28. The molecule has 2 amide bonds. The van der Waals surface area contributed by atoms with E-state index in [1.54, 1.807) is 0 Å². The summed E-state index contributed by atoms with van der Waals surface area (Å²) in [6, 6.07) is 0.694. The van der Waals surface area contributed by atoms with E-state index < -0.39 is 0 Å². The molecule has 4 nitrogen and oxygen atoms in total. The van der Waals surface area contributed by atoms with Gasteiger partial charge in [-0.1, -0.05) is 6.92 Å². The zero-order valence-electron chi connectivity index (χ0n) is 11.1. The molecule has 0 atom stereocenters. The van der Waals surface area contributed by atoms with Gasteiger partial charge < -0.3 is 15.1 Å². The molecule has 0 bridgehead atoms. The molecule has 1 heterocycles. The minimum Gasteiger partial charge on any atom is -0.325 e. The summed E-state index contributed by atoms with van der Waals surface area (Å²) >= 11 is 0. The van der Waals surface area contributed by atoms with Crippen LogP contribution in [0.25, 0.3) is 0 Å². The van der Waals surface area contributed by atoms with Gasteiger partial charge in [0.25, 0.3) is 0 Å². The molecule has 0 unspecified atom stereocenters. The predicted molar refractivity (Wildman–Crippen MR) is 69.0 cm³/mol. The Morgan fingerprint density at radius 3 is 2.35 bits per heavy atom. The van der Waals surface area contributed by atoms with Crippen molar-refractivity contribution in [1.82, 2.24) is 15.1 Å². The second kappa shape index (κ2) is 5.71. The van der Waals surface area contributed by atoms with Crippen molar-refractivity contribution < 1.29 is 4.79 Å². The van der Waals surface area contributed by atoms with Crippen LogP contribution in [0.5, 0.6) is 0 Å². The van der Waals surface area contributed by atoms with Gasteiger partial charge in [0.1, 0.15) is 0 Å². The van der Waals surface area contributed by atoms with E-state index in [1.165, 1.54) is 25.7 Å². The maximum atomic E-state index is 12.3. The Bertz CT molecular complexity index is 255. The molecule has 4 heteroatoms. The van der Waals surface area contributed by atoms with Crippen molar-refractivity contribution in [2.24, 2.45) is 5.92 Å². The normalized spacial score (nSPS) is 30.1. The van der Waals surface area contributed by atoms with Crippen LogP contribution in [-0.2, 0) is 0 Å². The fourth-order valence-corrected chi connectivity index (χ4v) is 2.87. The Kier molecular flexibility index (Phi) is 4.26. The van der Waals surface area contributed by atoms with Crippen LogP contribution in [0.15, 0.2) is 0 Å². The van der Waals surface area contributed by atoms with E-state index in [0.717, 1.165) is 32.1 Å². The first-order chi connectivity index (χ1) is 8.18. The van der Waals surface area contributed by atoms with E-state index in [-0.39, 0.29) is 6.03 Å². The third-order valence-electron chi connectivity index (χ3n) is 4.22. The molecule has 1 saturated heterocycles. The molecule has 0 radical (unpaired) electrons. The lowest BCUT2D eigenvalue weighted by Crippen LogP contribution is -2.53. The summed E-state index contributed by atoms with van der Waals surface area (Å²) in [4.78, 5) is 16.3. The summed E-state index contributed by atoms with van der Waals surface area (Å²) in [6.45, 7) is 5.88. The lowest BCUT2D eigenvalue weighted by Gasteiger charge is -2.38. The molecule has 1 aliphatic carbocycles. The van der Waals surface area contributed by atoms with Crippen LogP contribution in [-0.4, -0.2) is 55.1 Å². The fraction of sp³-hybridized carbons (Fsp3) is 0.923. The number of rotatable bonds is 1. The molecule has 0 aromatic heterocycles. The number of amides is 2. The van der Waals surface area contributed by atoms with Gasteiger partial charge in [-0.15, -0.1) is 0 Å². The van der Waals surface area contributed by atoms with Crippen molar-refractivity contribution in [3.05, 3.63) is 0 Å². The lowest BCUT2D eigenvalue weighted by molar-refractivity contribution is 0.123. The minimum absolute atomic E-state index is 0.228. The first-order valence-electron chi connectivity index (χ1n) is 6.91. The van der Waals surface area contributed by atoms with E-state index in [4.69, 9.17) is 0 Å². The quantitative estimate of drug-likeness (QED) is 0.753. The van der Waals surface area contributed by atoms with Gasteiger partial charge in [-0.05, 0) is 31.6 Å². The minimum atomic E-state index is 0.228. The summed E-state index contributed by atoms with van der Waals surface area (Å²) < 4.78 is 0. The van der Waals surface area contributed by atoms with Crippen LogP contribution < -0.4 is 5.32 Å². The predicted octanol–water partition coefficient (Wildman–Crippen LogP) is 1.52. The van der Waals surface area contributed by atoms with Crippen molar-refractivity contribution in [3.63, 3.8) is 0 Å². The number of urea groups is 1. The van der Waals surface area contributed by atoms with Crippen LogP contribution in [0.2, 0.25) is 0 Å². The summed E-state index contributed by atoms with van der Waals surface area (Å²) in [5.41, 5.74) is 0. The van der Waals surface area contributed by atoms with Gasteiger partial charge in [0, 0.05) is 39.3 Å². The number of carbonyl (C=O) groups excluding carboxylic acids is 1. The standard InChI is InChI=1S/C13H25N3O/c1-11-3-5-12(6-4-11)15(2)13(17)16-9-7-14-8-10-16/h11-12,14H,3-10H2,1-2H3. The van der Waals surface area contributed by atoms with Gasteiger partial charge in [-0.2, -0.15) is 0 Å². The Morgan fingerprint density at radius 2 is 1.76 bits per heavy atom. The number of hydrogen-bond donors (Lipinski definition) is 1. The molecule has 1 N–H and O–H groups in total. The molecule has 2 aliphatic rings. The van der Waals surface area contributed by atoms with Gasteiger partial charge in [0.2, 0.25) is 0 Å². The summed E-state index contributed by atoms with van der Waals surface area (Å²) in [5, 5.41) is 3.28. The van der Waals surface area contributed by atoms with E-state index in [0.29, 0.717) is 6.04 Å². The molecule has 2 rings (SSSR count). The third-order valence-corrected chi connectivity index (χ3v) is 4.22. The lowest BCUT2D eigenvalue weighted by atomic mass is 9.87. The van der Waals surface area contributed by atoms with Gasteiger partial charge in [-0.25, -0.2) is 4.79 Å². The summed E-state index contributed by atoms with van der Waals surface area (Å²) in [6.07, 6.45) is 4.89. The Hall–Kier alpha value is -0.770. The molecule has 0 aromatic rings. The topological polar surface area (TPSA) is 35.6 Å². The van der Waals surface area contributed by atoms with Crippen molar-refractivity contribution in [1.29, 1.82) is 0 Å². The van der Waals surface area contributed by atoms with Gasteiger partial charge in [0.15, 0.2) is 0 Å². The van der Waals surface area contributed by atoms with Crippen molar-refractivity contribution >= 4 is 6.03 Å². The SMILES string of the molecule is CC1CCC(N(C)C(=O)N2CCNCC2)CC1. The molecule has 1 saturated carbocycles. The highest BCUT2D eigenvalue weighted by molar-refractivity contribution is 5.74. The Morgan fingerprint density at radius 1 is 1.18 bits per heavy atom. The maximum absolute atomic E-state index is 12.3. The van der Waals surface area contributed by atoms with Gasteiger partial charge in [0.05, 0.1) is 0 Å². The first-order valence-corrected chi connectivity index (χ1v) is 6.91. The van der Waals surface area contributed by atoms with Crippen LogP contribution in [0, 0.1) is 5.92 Å². The number of carbonyl (C=O) groups is 1. The molecular weight excluding hydrogens is 214 g/mol. The second-order valence-corrected chi connectivity index (χ2v) is 5.54. The second-order valence-electron chi connectivity index (χ2n) is 5.54. The van der Waals surface area contributed by atoms with Crippen LogP contribution in [0.1, 0.15) is 32.6 Å². The van der Waals surface area contributed by atoms with Crippen LogP contribution in [0.4, 0.5) is 4.79 Å². The monoisotopic (exact) mass is 239 g/mol. The summed E-state index contributed by atoms with van der Waals surface area (Å²) in [7, 11) is 1.98. The Balaban J connectivity index is 1.85. The van der Waals surface area contributed by atoms with Gasteiger partial charge >= 0.3 is 6.03 Å². The molecule has 2 fully saturated rings. The smallest absolute Gasteiger partial charge is 0.320 e. The number of hydrogen-bond acceptors (Lipinski definition) is 2. The molecule has 0 aromatic carbocycles. The average Bonchev–Trinajstić information content (AvgIpc) is 2.39. The van der Waals surface area contributed by atoms with E-state index in [9.17, 15) is 4.79 Å². The zero-order chi connectivity index (χ0) is 12.3. The van der Waals surface area contributed by atoms with Crippen LogP contribution in [0.3, 0.4) is 0 Å².